The van der Waals surface area contributed by atoms with E-state index in [9.17, 15) is 0 Å². The van der Waals surface area contributed by atoms with Crippen LogP contribution in [-0.2, 0) is 19.4 Å². The maximum absolute atomic E-state index is 8.57. The van der Waals surface area contributed by atoms with Crippen molar-refractivity contribution in [2.75, 3.05) is 0 Å². The molecule has 0 saturated carbocycles. The van der Waals surface area contributed by atoms with E-state index >= 15 is 0 Å². The van der Waals surface area contributed by atoms with Gasteiger partial charge in [0.05, 0.1) is 6.54 Å². The van der Waals surface area contributed by atoms with Gasteiger partial charge >= 0.3 is 0 Å². The van der Waals surface area contributed by atoms with Crippen LogP contribution >= 0.6 is 27.3 Å². The summed E-state index contributed by atoms with van der Waals surface area (Å²) in [5.74, 6) is 0. The van der Waals surface area contributed by atoms with Crippen LogP contribution in [-0.4, -0.2) is 5.21 Å². The summed E-state index contributed by atoms with van der Waals surface area (Å²) >= 11 is 5.37. The van der Waals surface area contributed by atoms with Crippen LogP contribution in [0.25, 0.3) is 0 Å². The zero-order chi connectivity index (χ0) is 8.55. The molecule has 2 rings (SSSR count). The molecule has 1 aliphatic rings. The van der Waals surface area contributed by atoms with Crippen molar-refractivity contribution in [3.63, 3.8) is 0 Å². The van der Waals surface area contributed by atoms with Gasteiger partial charge in [-0.05, 0) is 40.8 Å². The Hall–Kier alpha value is 0.100. The van der Waals surface area contributed by atoms with Crippen molar-refractivity contribution in [3.8, 4) is 0 Å². The predicted molar refractivity (Wildman–Crippen MR) is 52.7 cm³/mol. The summed E-state index contributed by atoms with van der Waals surface area (Å²) in [6, 6.07) is 0. The minimum atomic E-state index is 0.554. The molecular weight excluding hydrogens is 238 g/mol. The Morgan fingerprint density at radius 1 is 1.50 bits per heavy atom. The van der Waals surface area contributed by atoms with Gasteiger partial charge < -0.3 is 5.21 Å². The molecule has 0 unspecified atom stereocenters. The number of hydrogen-bond acceptors (Lipinski definition) is 3. The molecule has 0 radical (unpaired) electrons. The monoisotopic (exact) mass is 247 g/mol. The number of rotatable bonds is 2. The van der Waals surface area contributed by atoms with Gasteiger partial charge in [0.1, 0.15) is 0 Å². The molecule has 0 spiro atoms. The Bertz CT molecular complexity index is 297. The summed E-state index contributed by atoms with van der Waals surface area (Å²) in [6.45, 7) is 0.554. The predicted octanol–water partition coefficient (Wildman–Crippen LogP) is 2.48. The van der Waals surface area contributed by atoms with Crippen molar-refractivity contribution in [1.29, 1.82) is 0 Å². The topological polar surface area (TPSA) is 32.3 Å². The third-order valence-electron chi connectivity index (χ3n) is 2.16. The largest absolute Gasteiger partial charge is 0.316 e. The Morgan fingerprint density at radius 2 is 2.33 bits per heavy atom. The lowest BCUT2D eigenvalue weighted by molar-refractivity contribution is 0.162. The van der Waals surface area contributed by atoms with E-state index in [-0.39, 0.29) is 0 Å². The summed E-state index contributed by atoms with van der Waals surface area (Å²) in [4.78, 5) is 2.70. The van der Waals surface area contributed by atoms with Gasteiger partial charge in [0.25, 0.3) is 0 Å². The molecule has 0 atom stereocenters. The summed E-state index contributed by atoms with van der Waals surface area (Å²) in [7, 11) is 0. The first-order valence-corrected chi connectivity index (χ1v) is 5.59. The standard InChI is InChI=1S/C8H10BrNOS/c9-8-5-2-1-3-6(5)12-7(8)4-10-11/h10-11H,1-4H2. The van der Waals surface area contributed by atoms with Crippen molar-refractivity contribution >= 4 is 27.3 Å². The van der Waals surface area contributed by atoms with Gasteiger partial charge in [-0.3, -0.25) is 0 Å². The van der Waals surface area contributed by atoms with Crippen LogP contribution in [0.1, 0.15) is 21.7 Å². The number of fused-ring (bicyclic) bond motifs is 1. The normalized spacial score (nSPS) is 15.2. The molecule has 1 aromatic rings. The number of thiophene rings is 1. The van der Waals surface area contributed by atoms with Gasteiger partial charge in [0.2, 0.25) is 0 Å². The lowest BCUT2D eigenvalue weighted by Gasteiger charge is -1.96. The lowest BCUT2D eigenvalue weighted by Crippen LogP contribution is -2.04. The summed E-state index contributed by atoms with van der Waals surface area (Å²) in [5, 5.41) is 8.57. The van der Waals surface area contributed by atoms with Gasteiger partial charge in [-0.25, -0.2) is 5.48 Å². The number of halogens is 1. The highest BCUT2D eigenvalue weighted by molar-refractivity contribution is 9.10. The molecule has 66 valence electrons. The average Bonchev–Trinajstić information content (AvgIpc) is 2.58. The van der Waals surface area contributed by atoms with Gasteiger partial charge in [-0.1, -0.05) is 0 Å². The fourth-order valence-electron chi connectivity index (χ4n) is 1.61. The molecule has 0 bridgehead atoms. The third kappa shape index (κ3) is 1.33. The average molecular weight is 248 g/mol. The number of aryl methyl sites for hydroxylation is 1. The Balaban J connectivity index is 2.34. The van der Waals surface area contributed by atoms with E-state index in [2.05, 4.69) is 21.4 Å². The van der Waals surface area contributed by atoms with E-state index in [0.717, 1.165) is 0 Å². The molecule has 0 fully saturated rings. The van der Waals surface area contributed by atoms with Crippen LogP contribution in [0.5, 0.6) is 0 Å². The molecule has 0 amide bonds. The smallest absolute Gasteiger partial charge is 0.0563 e. The molecule has 0 aliphatic heterocycles. The van der Waals surface area contributed by atoms with Crippen LogP contribution in [0, 0.1) is 0 Å². The summed E-state index contributed by atoms with van der Waals surface area (Å²) < 4.78 is 1.21. The van der Waals surface area contributed by atoms with Crippen molar-refractivity contribution < 1.29 is 5.21 Å². The Labute approximate surface area is 83.7 Å². The van der Waals surface area contributed by atoms with Crippen LogP contribution in [0.3, 0.4) is 0 Å². The molecule has 4 heteroatoms. The second kappa shape index (κ2) is 3.46. The Morgan fingerprint density at radius 3 is 3.00 bits per heavy atom. The first-order valence-electron chi connectivity index (χ1n) is 3.99. The summed E-state index contributed by atoms with van der Waals surface area (Å²) in [5.41, 5.74) is 3.66. The maximum Gasteiger partial charge on any atom is 0.0563 e. The van der Waals surface area contributed by atoms with Crippen LogP contribution in [0.2, 0.25) is 0 Å². The molecule has 2 nitrogen and oxygen atoms in total. The van der Waals surface area contributed by atoms with E-state index in [0.29, 0.717) is 6.54 Å². The van der Waals surface area contributed by atoms with Crippen molar-refractivity contribution in [1.82, 2.24) is 5.48 Å². The highest BCUT2D eigenvalue weighted by Gasteiger charge is 2.19. The van der Waals surface area contributed by atoms with E-state index < -0.39 is 0 Å². The molecule has 1 aliphatic carbocycles. The minimum absolute atomic E-state index is 0.554. The van der Waals surface area contributed by atoms with Crippen molar-refractivity contribution in [2.45, 2.75) is 25.8 Å². The van der Waals surface area contributed by atoms with E-state index in [1.54, 1.807) is 11.3 Å². The van der Waals surface area contributed by atoms with Gasteiger partial charge in [0.15, 0.2) is 0 Å². The van der Waals surface area contributed by atoms with E-state index in [1.807, 2.05) is 0 Å². The first-order chi connectivity index (χ1) is 5.83. The fraction of sp³-hybridized carbons (Fsp3) is 0.500. The van der Waals surface area contributed by atoms with Crippen LogP contribution < -0.4 is 5.48 Å². The maximum atomic E-state index is 8.57. The van der Waals surface area contributed by atoms with E-state index in [1.165, 1.54) is 39.1 Å². The van der Waals surface area contributed by atoms with Crippen LogP contribution in [0.15, 0.2) is 4.47 Å². The number of nitrogens with one attached hydrogen (secondary N) is 1. The quantitative estimate of drug-likeness (QED) is 0.788. The molecule has 12 heavy (non-hydrogen) atoms. The second-order valence-corrected chi connectivity index (χ2v) is 4.91. The lowest BCUT2D eigenvalue weighted by atomic mass is 10.2. The first kappa shape index (κ1) is 8.69. The summed E-state index contributed by atoms with van der Waals surface area (Å²) in [6.07, 6.45) is 3.69. The highest BCUT2D eigenvalue weighted by atomic mass is 79.9. The Kier molecular flexibility index (Phi) is 2.50. The fourth-order valence-corrected chi connectivity index (χ4v) is 3.78. The molecule has 0 aromatic carbocycles. The number of hydroxylamine groups is 1. The van der Waals surface area contributed by atoms with Gasteiger partial charge in [0, 0.05) is 14.2 Å². The minimum Gasteiger partial charge on any atom is -0.316 e. The molecule has 1 aromatic heterocycles. The SMILES string of the molecule is ONCc1sc2c(c1Br)CCC2. The molecular formula is C8H10BrNOS. The van der Waals surface area contributed by atoms with Crippen molar-refractivity contribution in [3.05, 3.63) is 19.8 Å². The van der Waals surface area contributed by atoms with Gasteiger partial charge in [-0.15, -0.1) is 11.3 Å². The molecule has 0 saturated heterocycles. The number of hydrogen-bond donors (Lipinski definition) is 2. The van der Waals surface area contributed by atoms with E-state index in [4.69, 9.17) is 5.21 Å². The molecule has 2 N–H and O–H groups in total. The second-order valence-electron chi connectivity index (χ2n) is 2.93. The van der Waals surface area contributed by atoms with Gasteiger partial charge in [-0.2, -0.15) is 0 Å². The third-order valence-corrected chi connectivity index (χ3v) is 4.67. The zero-order valence-electron chi connectivity index (χ0n) is 6.56. The molecule has 1 heterocycles. The van der Waals surface area contributed by atoms with Crippen molar-refractivity contribution in [2.24, 2.45) is 0 Å². The zero-order valence-corrected chi connectivity index (χ0v) is 8.96. The van der Waals surface area contributed by atoms with Crippen LogP contribution in [0.4, 0.5) is 0 Å². The highest BCUT2D eigenvalue weighted by Crippen LogP contribution is 2.38.